The van der Waals surface area contributed by atoms with E-state index in [4.69, 9.17) is 0 Å². The zero-order valence-corrected chi connectivity index (χ0v) is 7.81. The fourth-order valence-corrected chi connectivity index (χ4v) is 1.18. The van der Waals surface area contributed by atoms with E-state index in [1.807, 2.05) is 19.1 Å². The fourth-order valence-electron chi connectivity index (χ4n) is 1.18. The standard InChI is InChI=1S/C9H11N5/c1-7(8-2-5-12-14-8)13-9-3-4-10-6-11-9/h2-7H,1H3,(H,12,14)(H,10,11,13). The van der Waals surface area contributed by atoms with Crippen molar-refractivity contribution in [3.63, 3.8) is 0 Å². The molecule has 2 aromatic heterocycles. The topological polar surface area (TPSA) is 66.5 Å². The van der Waals surface area contributed by atoms with Crippen LogP contribution in [0.15, 0.2) is 30.9 Å². The average molecular weight is 189 g/mol. The first-order valence-corrected chi connectivity index (χ1v) is 4.38. The molecule has 0 aliphatic carbocycles. The quantitative estimate of drug-likeness (QED) is 0.765. The van der Waals surface area contributed by atoms with Gasteiger partial charge in [-0.15, -0.1) is 0 Å². The van der Waals surface area contributed by atoms with Crippen molar-refractivity contribution in [1.82, 2.24) is 20.2 Å². The van der Waals surface area contributed by atoms with Crippen LogP contribution < -0.4 is 5.32 Å². The molecule has 2 rings (SSSR count). The highest BCUT2D eigenvalue weighted by Crippen LogP contribution is 2.13. The smallest absolute Gasteiger partial charge is 0.129 e. The van der Waals surface area contributed by atoms with E-state index < -0.39 is 0 Å². The van der Waals surface area contributed by atoms with E-state index in [0.717, 1.165) is 11.5 Å². The molecule has 0 bridgehead atoms. The largest absolute Gasteiger partial charge is 0.362 e. The molecule has 0 fully saturated rings. The van der Waals surface area contributed by atoms with E-state index in [-0.39, 0.29) is 6.04 Å². The molecule has 0 saturated heterocycles. The van der Waals surface area contributed by atoms with Crippen LogP contribution in [-0.2, 0) is 0 Å². The van der Waals surface area contributed by atoms with Crippen molar-refractivity contribution in [2.45, 2.75) is 13.0 Å². The molecule has 1 atom stereocenters. The predicted octanol–water partition coefficient (Wildman–Crippen LogP) is 1.37. The van der Waals surface area contributed by atoms with Gasteiger partial charge < -0.3 is 5.32 Å². The maximum atomic E-state index is 4.07. The Morgan fingerprint density at radius 3 is 2.93 bits per heavy atom. The van der Waals surface area contributed by atoms with Gasteiger partial charge in [-0.05, 0) is 19.1 Å². The Bertz CT molecular complexity index is 369. The maximum absolute atomic E-state index is 4.07. The van der Waals surface area contributed by atoms with Crippen molar-refractivity contribution in [3.05, 3.63) is 36.5 Å². The van der Waals surface area contributed by atoms with Gasteiger partial charge in [0, 0.05) is 12.4 Å². The van der Waals surface area contributed by atoms with Gasteiger partial charge in [0.15, 0.2) is 0 Å². The van der Waals surface area contributed by atoms with Crippen LogP contribution in [0.4, 0.5) is 5.82 Å². The van der Waals surface area contributed by atoms with Crippen LogP contribution in [0.25, 0.3) is 0 Å². The number of nitrogens with zero attached hydrogens (tertiary/aromatic N) is 3. The van der Waals surface area contributed by atoms with Crippen molar-refractivity contribution in [3.8, 4) is 0 Å². The molecule has 0 spiro atoms. The molecule has 0 aliphatic rings. The molecular formula is C9H11N5. The summed E-state index contributed by atoms with van der Waals surface area (Å²) in [5, 5.41) is 10.0. The Morgan fingerprint density at radius 2 is 2.29 bits per heavy atom. The van der Waals surface area contributed by atoms with Crippen molar-refractivity contribution in [2.24, 2.45) is 0 Å². The highest BCUT2D eigenvalue weighted by Gasteiger charge is 2.05. The van der Waals surface area contributed by atoms with Crippen LogP contribution in [0.5, 0.6) is 0 Å². The summed E-state index contributed by atoms with van der Waals surface area (Å²) in [6.07, 6.45) is 4.95. The minimum atomic E-state index is 0.160. The van der Waals surface area contributed by atoms with Crippen LogP contribution in [-0.4, -0.2) is 20.2 Å². The zero-order valence-electron chi connectivity index (χ0n) is 7.81. The van der Waals surface area contributed by atoms with Gasteiger partial charge in [-0.3, -0.25) is 5.10 Å². The van der Waals surface area contributed by atoms with E-state index in [0.29, 0.717) is 0 Å². The highest BCUT2D eigenvalue weighted by atomic mass is 15.1. The first kappa shape index (κ1) is 8.68. The Kier molecular flexibility index (Phi) is 2.40. The second-order valence-electron chi connectivity index (χ2n) is 2.97. The first-order chi connectivity index (χ1) is 6.86. The second-order valence-corrected chi connectivity index (χ2v) is 2.97. The average Bonchev–Trinajstić information content (AvgIpc) is 2.72. The van der Waals surface area contributed by atoms with Crippen molar-refractivity contribution < 1.29 is 0 Å². The summed E-state index contributed by atoms with van der Waals surface area (Å²) in [5.74, 6) is 0.808. The number of hydrogen-bond acceptors (Lipinski definition) is 4. The number of nitrogens with one attached hydrogen (secondary N) is 2. The van der Waals surface area contributed by atoms with Crippen LogP contribution in [0.2, 0.25) is 0 Å². The maximum Gasteiger partial charge on any atom is 0.129 e. The van der Waals surface area contributed by atoms with Crippen LogP contribution in [0.1, 0.15) is 18.7 Å². The number of aromatic nitrogens is 4. The molecule has 0 aromatic carbocycles. The number of aromatic amines is 1. The van der Waals surface area contributed by atoms with Crippen LogP contribution in [0.3, 0.4) is 0 Å². The monoisotopic (exact) mass is 189 g/mol. The van der Waals surface area contributed by atoms with Gasteiger partial charge in [-0.1, -0.05) is 0 Å². The van der Waals surface area contributed by atoms with Gasteiger partial charge in [0.2, 0.25) is 0 Å². The Hall–Kier alpha value is -1.91. The predicted molar refractivity (Wildman–Crippen MR) is 52.7 cm³/mol. The highest BCUT2D eigenvalue weighted by molar-refractivity contribution is 5.34. The minimum absolute atomic E-state index is 0.160. The van der Waals surface area contributed by atoms with E-state index in [1.54, 1.807) is 12.4 Å². The van der Waals surface area contributed by atoms with Gasteiger partial charge in [0.25, 0.3) is 0 Å². The number of H-pyrrole nitrogens is 1. The van der Waals surface area contributed by atoms with Gasteiger partial charge in [-0.25, -0.2) is 9.97 Å². The molecule has 2 N–H and O–H groups in total. The Labute approximate surface area is 81.6 Å². The first-order valence-electron chi connectivity index (χ1n) is 4.38. The van der Waals surface area contributed by atoms with Gasteiger partial charge >= 0.3 is 0 Å². The summed E-state index contributed by atoms with van der Waals surface area (Å²) < 4.78 is 0. The lowest BCUT2D eigenvalue weighted by molar-refractivity contribution is 0.818. The summed E-state index contributed by atoms with van der Waals surface area (Å²) in [6, 6.07) is 3.92. The SMILES string of the molecule is CC(Nc1ccncn1)c1ccn[nH]1. The molecule has 14 heavy (non-hydrogen) atoms. The van der Waals surface area contributed by atoms with Crippen LogP contribution >= 0.6 is 0 Å². The van der Waals surface area contributed by atoms with Gasteiger partial charge in [0.05, 0.1) is 11.7 Å². The summed E-state index contributed by atoms with van der Waals surface area (Å²) in [5.41, 5.74) is 1.03. The van der Waals surface area contributed by atoms with Crippen molar-refractivity contribution in [2.75, 3.05) is 5.32 Å². The lowest BCUT2D eigenvalue weighted by atomic mass is 10.2. The molecular weight excluding hydrogens is 178 g/mol. The summed E-state index contributed by atoms with van der Waals surface area (Å²) in [4.78, 5) is 7.92. The van der Waals surface area contributed by atoms with E-state index in [2.05, 4.69) is 25.5 Å². The van der Waals surface area contributed by atoms with E-state index >= 15 is 0 Å². The zero-order chi connectivity index (χ0) is 9.80. The Morgan fingerprint density at radius 1 is 1.36 bits per heavy atom. The van der Waals surface area contributed by atoms with E-state index in [9.17, 15) is 0 Å². The molecule has 0 aliphatic heterocycles. The number of anilines is 1. The minimum Gasteiger partial charge on any atom is -0.362 e. The molecule has 2 aromatic rings. The fraction of sp³-hybridized carbons (Fsp3) is 0.222. The third kappa shape index (κ3) is 1.87. The van der Waals surface area contributed by atoms with Crippen molar-refractivity contribution in [1.29, 1.82) is 0 Å². The number of rotatable bonds is 3. The lowest BCUT2D eigenvalue weighted by Crippen LogP contribution is -2.08. The summed E-state index contributed by atoms with van der Waals surface area (Å²) >= 11 is 0. The second kappa shape index (κ2) is 3.87. The molecule has 72 valence electrons. The molecule has 0 radical (unpaired) electrons. The van der Waals surface area contributed by atoms with Gasteiger partial charge in [-0.2, -0.15) is 5.10 Å². The third-order valence-electron chi connectivity index (χ3n) is 1.94. The normalized spacial score (nSPS) is 12.4. The summed E-state index contributed by atoms with van der Waals surface area (Å²) in [7, 11) is 0. The van der Waals surface area contributed by atoms with E-state index in [1.165, 1.54) is 6.33 Å². The lowest BCUT2D eigenvalue weighted by Gasteiger charge is -2.11. The molecule has 5 nitrogen and oxygen atoms in total. The molecule has 0 amide bonds. The number of hydrogen-bond donors (Lipinski definition) is 2. The van der Waals surface area contributed by atoms with Crippen LogP contribution in [0, 0.1) is 0 Å². The molecule has 5 heteroatoms. The third-order valence-corrected chi connectivity index (χ3v) is 1.94. The van der Waals surface area contributed by atoms with Crippen molar-refractivity contribution >= 4 is 5.82 Å². The Balaban J connectivity index is 2.06. The van der Waals surface area contributed by atoms with Gasteiger partial charge in [0.1, 0.15) is 12.1 Å². The molecule has 0 saturated carbocycles. The summed E-state index contributed by atoms with van der Waals surface area (Å²) in [6.45, 7) is 2.04. The molecule has 1 unspecified atom stereocenters. The molecule has 2 heterocycles.